The fourth-order valence-electron chi connectivity index (χ4n) is 3.52. The summed E-state index contributed by atoms with van der Waals surface area (Å²) in [5.74, 6) is 1.29. The fraction of sp³-hybridized carbons (Fsp3) is 0.217. The van der Waals surface area contributed by atoms with Crippen molar-refractivity contribution >= 4 is 22.7 Å². The number of nitrogens with zero attached hydrogens (tertiary/aromatic N) is 5. The third-order valence-corrected chi connectivity index (χ3v) is 5.89. The molecule has 5 rings (SSSR count). The van der Waals surface area contributed by atoms with Gasteiger partial charge in [-0.05, 0) is 31.5 Å². The first-order valence-electron chi connectivity index (χ1n) is 10.3. The molecule has 1 fully saturated rings. The van der Waals surface area contributed by atoms with Gasteiger partial charge in [0.1, 0.15) is 0 Å². The Morgan fingerprint density at radius 2 is 1.81 bits per heavy atom. The van der Waals surface area contributed by atoms with E-state index in [4.69, 9.17) is 4.52 Å². The molecular weight excluding hydrogens is 408 g/mol. The van der Waals surface area contributed by atoms with E-state index in [1.807, 2.05) is 60.0 Å². The van der Waals surface area contributed by atoms with Crippen LogP contribution in [0.25, 0.3) is 22.6 Å². The summed E-state index contributed by atoms with van der Waals surface area (Å²) in [4.78, 5) is 11.4. The molecular formula is C23H22N6OS. The lowest BCUT2D eigenvalue weighted by molar-refractivity contribution is 0.268. The van der Waals surface area contributed by atoms with Crippen molar-refractivity contribution in [2.75, 3.05) is 18.5 Å². The number of hydrogen-bond donors (Lipinski definition) is 1. The van der Waals surface area contributed by atoms with Crippen LogP contribution in [-0.2, 0) is 6.54 Å². The van der Waals surface area contributed by atoms with Gasteiger partial charge < -0.3 is 4.52 Å². The number of thiazole rings is 1. The van der Waals surface area contributed by atoms with E-state index < -0.39 is 0 Å². The molecule has 0 radical (unpaired) electrons. The van der Waals surface area contributed by atoms with E-state index in [0.29, 0.717) is 11.7 Å². The molecule has 1 aliphatic rings. The van der Waals surface area contributed by atoms with Gasteiger partial charge in [-0.25, -0.2) is 4.98 Å². The van der Waals surface area contributed by atoms with Crippen LogP contribution in [0, 0.1) is 0 Å². The minimum absolute atomic E-state index is 0.618. The summed E-state index contributed by atoms with van der Waals surface area (Å²) in [5.41, 5.74) is 6.93. The molecule has 2 aromatic carbocycles. The van der Waals surface area contributed by atoms with Crippen LogP contribution in [0.5, 0.6) is 0 Å². The third-order valence-electron chi connectivity index (χ3n) is 5.14. The summed E-state index contributed by atoms with van der Waals surface area (Å²) < 4.78 is 5.41. The maximum atomic E-state index is 5.41. The zero-order valence-electron chi connectivity index (χ0n) is 16.9. The molecule has 4 aromatic rings. The van der Waals surface area contributed by atoms with E-state index in [1.54, 1.807) is 6.21 Å². The minimum atomic E-state index is 0.618. The predicted molar refractivity (Wildman–Crippen MR) is 123 cm³/mol. The number of nitrogens with one attached hydrogen (secondary N) is 1. The lowest BCUT2D eigenvalue weighted by atomic mass is 10.1. The molecule has 1 aliphatic heterocycles. The molecule has 0 spiro atoms. The lowest BCUT2D eigenvalue weighted by Crippen LogP contribution is -2.18. The molecule has 3 heterocycles. The first-order valence-corrected chi connectivity index (χ1v) is 11.2. The quantitative estimate of drug-likeness (QED) is 0.332. The maximum absolute atomic E-state index is 5.41. The number of aromatic nitrogens is 3. The van der Waals surface area contributed by atoms with Gasteiger partial charge in [-0.1, -0.05) is 59.8 Å². The molecule has 0 atom stereocenters. The Bertz CT molecular complexity index is 1150. The summed E-state index contributed by atoms with van der Waals surface area (Å²) in [6, 6.07) is 18.0. The van der Waals surface area contributed by atoms with E-state index in [9.17, 15) is 0 Å². The van der Waals surface area contributed by atoms with E-state index in [1.165, 1.54) is 24.2 Å². The number of hydrazone groups is 1. The first kappa shape index (κ1) is 19.6. The average molecular weight is 431 g/mol. The zero-order chi connectivity index (χ0) is 20.9. The van der Waals surface area contributed by atoms with Gasteiger partial charge in [0.25, 0.3) is 0 Å². The molecule has 0 aliphatic carbocycles. The maximum Gasteiger partial charge on any atom is 0.241 e. The van der Waals surface area contributed by atoms with Crippen molar-refractivity contribution in [3.05, 3.63) is 71.4 Å². The highest BCUT2D eigenvalue weighted by Gasteiger charge is 2.16. The predicted octanol–water partition coefficient (Wildman–Crippen LogP) is 4.90. The molecule has 31 heavy (non-hydrogen) atoms. The van der Waals surface area contributed by atoms with E-state index >= 15 is 0 Å². The number of anilines is 1. The van der Waals surface area contributed by atoms with Crippen molar-refractivity contribution in [2.45, 2.75) is 19.4 Å². The van der Waals surface area contributed by atoms with Crippen molar-refractivity contribution in [3.63, 3.8) is 0 Å². The van der Waals surface area contributed by atoms with Crippen molar-refractivity contribution in [2.24, 2.45) is 5.10 Å². The number of hydrogen-bond acceptors (Lipinski definition) is 8. The van der Waals surface area contributed by atoms with Gasteiger partial charge in [0.15, 0.2) is 0 Å². The Labute approximate surface area is 184 Å². The van der Waals surface area contributed by atoms with Gasteiger partial charge in [0, 0.05) is 16.5 Å². The van der Waals surface area contributed by atoms with E-state index in [-0.39, 0.29) is 0 Å². The number of likely N-dealkylation sites (tertiary alicyclic amines) is 1. The summed E-state index contributed by atoms with van der Waals surface area (Å²) in [5, 5.41) is 11.2. The SMILES string of the molecule is C(=NNc1nc(-c2ccccc2)cs1)c1ccc(-c2noc(CN3CCCC3)n2)cc1. The van der Waals surface area contributed by atoms with Crippen LogP contribution in [0.15, 0.2) is 69.6 Å². The molecule has 7 nitrogen and oxygen atoms in total. The van der Waals surface area contributed by atoms with Gasteiger partial charge >= 0.3 is 0 Å². The van der Waals surface area contributed by atoms with Gasteiger partial charge in [-0.3, -0.25) is 10.3 Å². The monoisotopic (exact) mass is 430 g/mol. The van der Waals surface area contributed by atoms with Crippen molar-refractivity contribution in [1.29, 1.82) is 0 Å². The van der Waals surface area contributed by atoms with E-state index in [2.05, 4.69) is 30.6 Å². The van der Waals surface area contributed by atoms with Crippen LogP contribution < -0.4 is 5.43 Å². The van der Waals surface area contributed by atoms with Crippen LogP contribution >= 0.6 is 11.3 Å². The Balaban J connectivity index is 1.18. The Morgan fingerprint density at radius 1 is 1.00 bits per heavy atom. The van der Waals surface area contributed by atoms with Crippen LogP contribution in [0.2, 0.25) is 0 Å². The summed E-state index contributed by atoms with van der Waals surface area (Å²) in [7, 11) is 0. The second kappa shape index (κ2) is 9.20. The molecule has 1 saturated heterocycles. The second-order valence-electron chi connectivity index (χ2n) is 7.39. The molecule has 0 unspecified atom stereocenters. The minimum Gasteiger partial charge on any atom is -0.338 e. The van der Waals surface area contributed by atoms with Gasteiger partial charge in [-0.2, -0.15) is 10.1 Å². The lowest BCUT2D eigenvalue weighted by Gasteiger charge is -2.09. The van der Waals surface area contributed by atoms with Crippen molar-refractivity contribution < 1.29 is 4.52 Å². The Hall–Kier alpha value is -3.36. The summed E-state index contributed by atoms with van der Waals surface area (Å²) >= 11 is 1.53. The molecule has 0 saturated carbocycles. The van der Waals surface area contributed by atoms with Gasteiger partial charge in [0.2, 0.25) is 16.8 Å². The molecule has 156 valence electrons. The summed E-state index contributed by atoms with van der Waals surface area (Å²) in [6.07, 6.45) is 4.26. The molecule has 2 aromatic heterocycles. The molecule has 1 N–H and O–H groups in total. The van der Waals surface area contributed by atoms with Crippen LogP contribution in [0.3, 0.4) is 0 Å². The molecule has 0 amide bonds. The number of rotatable bonds is 7. The fourth-order valence-corrected chi connectivity index (χ4v) is 4.18. The highest BCUT2D eigenvalue weighted by Crippen LogP contribution is 2.24. The third kappa shape index (κ3) is 4.87. The zero-order valence-corrected chi connectivity index (χ0v) is 17.8. The first-order chi connectivity index (χ1) is 15.3. The Kier molecular flexibility index (Phi) is 5.81. The summed E-state index contributed by atoms with van der Waals surface area (Å²) in [6.45, 7) is 2.94. The van der Waals surface area contributed by atoms with Crippen LogP contribution in [-0.4, -0.2) is 39.3 Å². The van der Waals surface area contributed by atoms with Crippen LogP contribution in [0.4, 0.5) is 5.13 Å². The van der Waals surface area contributed by atoms with E-state index in [0.717, 1.165) is 47.2 Å². The average Bonchev–Trinajstić information content (AvgIpc) is 3.58. The smallest absolute Gasteiger partial charge is 0.241 e. The van der Waals surface area contributed by atoms with Crippen molar-refractivity contribution in [1.82, 2.24) is 20.0 Å². The topological polar surface area (TPSA) is 79.4 Å². The van der Waals surface area contributed by atoms with Crippen molar-refractivity contribution in [3.8, 4) is 22.6 Å². The Morgan fingerprint density at radius 3 is 2.61 bits per heavy atom. The highest BCUT2D eigenvalue weighted by molar-refractivity contribution is 7.14. The largest absolute Gasteiger partial charge is 0.338 e. The molecule has 8 heteroatoms. The van der Waals surface area contributed by atoms with Gasteiger partial charge in [-0.15, -0.1) is 11.3 Å². The molecule has 0 bridgehead atoms. The highest BCUT2D eigenvalue weighted by atomic mass is 32.1. The number of benzene rings is 2. The van der Waals surface area contributed by atoms with Crippen LogP contribution in [0.1, 0.15) is 24.3 Å². The normalized spacial score (nSPS) is 14.5. The second-order valence-corrected chi connectivity index (χ2v) is 8.25. The standard InChI is InChI=1S/C23H22N6OS/c1-2-6-18(7-3-1)20-16-31-23(25-20)27-24-14-17-8-10-19(11-9-17)22-26-21(30-28-22)15-29-12-4-5-13-29/h1-3,6-11,14,16H,4-5,12-13,15H2,(H,25,27). The van der Waals surface area contributed by atoms with Gasteiger partial charge in [0.05, 0.1) is 18.5 Å².